The average molecular weight is 516 g/mol. The van der Waals surface area contributed by atoms with E-state index in [1.807, 2.05) is 14.1 Å². The predicted molar refractivity (Wildman–Crippen MR) is 136 cm³/mol. The average Bonchev–Trinajstić information content (AvgIpc) is 3.43. The van der Waals surface area contributed by atoms with E-state index in [4.69, 9.17) is 0 Å². The van der Waals surface area contributed by atoms with Gasteiger partial charge in [-0.25, -0.2) is 4.39 Å². The summed E-state index contributed by atoms with van der Waals surface area (Å²) < 4.78 is 53.4. The largest absolute Gasteiger partial charge is 0.586 e. The van der Waals surface area contributed by atoms with Crippen molar-refractivity contribution in [3.05, 3.63) is 53.5 Å². The van der Waals surface area contributed by atoms with Crippen LogP contribution in [0.15, 0.2) is 36.4 Å². The Kier molecular flexibility index (Phi) is 5.97. The second-order valence-electron chi connectivity index (χ2n) is 11.3. The molecular formula is C28H32F3N3O3. The van der Waals surface area contributed by atoms with Crippen molar-refractivity contribution in [3.8, 4) is 11.5 Å². The highest BCUT2D eigenvalue weighted by Crippen LogP contribution is 2.52. The van der Waals surface area contributed by atoms with Crippen LogP contribution < -0.4 is 14.8 Å². The molecule has 0 unspecified atom stereocenters. The topological polar surface area (TPSA) is 55.7 Å². The minimum Gasteiger partial charge on any atom is -0.395 e. The Hall–Kier alpha value is -3.20. The molecule has 0 atom stereocenters. The number of carbonyl (C=O) groups excluding carboxylic acids is 1. The number of aryl methyl sites for hydroxylation is 1. The van der Waals surface area contributed by atoms with Crippen LogP contribution in [0.3, 0.4) is 0 Å². The number of rotatable bonds is 7. The van der Waals surface area contributed by atoms with Crippen LogP contribution in [0.1, 0.15) is 51.3 Å². The third-order valence-corrected chi connectivity index (χ3v) is 7.13. The lowest BCUT2D eigenvalue weighted by molar-refractivity contribution is -0.286. The van der Waals surface area contributed by atoms with E-state index >= 15 is 4.39 Å². The van der Waals surface area contributed by atoms with Gasteiger partial charge in [0.25, 0.3) is 0 Å². The third kappa shape index (κ3) is 4.77. The molecule has 1 saturated carbocycles. The van der Waals surface area contributed by atoms with Crippen molar-refractivity contribution < 1.29 is 27.4 Å². The lowest BCUT2D eigenvalue weighted by Crippen LogP contribution is -2.28. The fourth-order valence-corrected chi connectivity index (χ4v) is 5.05. The molecule has 0 saturated heterocycles. The summed E-state index contributed by atoms with van der Waals surface area (Å²) in [5.74, 6) is -1.09. The van der Waals surface area contributed by atoms with E-state index in [2.05, 4.69) is 51.1 Å². The second kappa shape index (κ2) is 8.68. The molecular weight excluding hydrogens is 483 g/mol. The zero-order chi connectivity index (χ0) is 26.8. The van der Waals surface area contributed by atoms with Gasteiger partial charge in [0.2, 0.25) is 5.91 Å². The first-order valence-corrected chi connectivity index (χ1v) is 12.5. The highest BCUT2D eigenvalue weighted by molar-refractivity contribution is 6.02. The molecule has 2 aromatic carbocycles. The Morgan fingerprint density at radius 1 is 1.08 bits per heavy atom. The quantitative estimate of drug-likeness (QED) is 0.418. The van der Waals surface area contributed by atoms with E-state index in [0.717, 1.165) is 36.1 Å². The van der Waals surface area contributed by atoms with Gasteiger partial charge in [-0.3, -0.25) is 4.79 Å². The SMILES string of the molecule is CN(C)CCCn1c(C(C)(C)C)cc2cc(NC(=O)C3(c4ccc5c(c4)OC(F)(F)O5)CC3)c(F)cc21. The smallest absolute Gasteiger partial charge is 0.395 e. The zero-order valence-corrected chi connectivity index (χ0v) is 21.8. The number of hydrogen-bond acceptors (Lipinski definition) is 4. The van der Waals surface area contributed by atoms with Gasteiger partial charge in [-0.1, -0.05) is 26.8 Å². The van der Waals surface area contributed by atoms with Crippen LogP contribution in [-0.2, 0) is 22.2 Å². The fraction of sp³-hybridized carbons (Fsp3) is 0.464. The number of ether oxygens (including phenoxy) is 2. The van der Waals surface area contributed by atoms with Gasteiger partial charge in [0.1, 0.15) is 5.82 Å². The Balaban J connectivity index is 1.43. The molecule has 0 radical (unpaired) electrons. The number of benzene rings is 2. The van der Waals surface area contributed by atoms with Crippen molar-refractivity contribution in [2.24, 2.45) is 0 Å². The van der Waals surface area contributed by atoms with Crippen LogP contribution in [0.4, 0.5) is 18.9 Å². The first kappa shape index (κ1) is 25.4. The number of anilines is 1. The summed E-state index contributed by atoms with van der Waals surface area (Å²) in [5.41, 5.74) is 1.45. The van der Waals surface area contributed by atoms with Crippen molar-refractivity contribution in [1.29, 1.82) is 0 Å². The van der Waals surface area contributed by atoms with Gasteiger partial charge in [-0.15, -0.1) is 8.78 Å². The van der Waals surface area contributed by atoms with Gasteiger partial charge in [0.15, 0.2) is 11.5 Å². The molecule has 0 bridgehead atoms. The molecule has 5 rings (SSSR count). The Bertz CT molecular complexity index is 1370. The highest BCUT2D eigenvalue weighted by Gasteiger charge is 2.53. The van der Waals surface area contributed by atoms with Crippen LogP contribution in [0.2, 0.25) is 0 Å². The van der Waals surface area contributed by atoms with Crippen LogP contribution in [0.25, 0.3) is 10.9 Å². The van der Waals surface area contributed by atoms with Crippen LogP contribution in [0, 0.1) is 5.82 Å². The van der Waals surface area contributed by atoms with Crippen molar-refractivity contribution in [3.63, 3.8) is 0 Å². The maximum atomic E-state index is 15.3. The minimum absolute atomic E-state index is 0.0776. The number of carbonyl (C=O) groups is 1. The molecule has 1 N–H and O–H groups in total. The molecule has 2 aliphatic rings. The van der Waals surface area contributed by atoms with Crippen LogP contribution >= 0.6 is 0 Å². The number of nitrogens with one attached hydrogen (secondary N) is 1. The van der Waals surface area contributed by atoms with E-state index in [0.29, 0.717) is 18.4 Å². The molecule has 0 spiro atoms. The first-order valence-electron chi connectivity index (χ1n) is 12.5. The normalized spacial score (nSPS) is 17.4. The van der Waals surface area contributed by atoms with E-state index in [-0.39, 0.29) is 28.5 Å². The fourth-order valence-electron chi connectivity index (χ4n) is 5.05. The van der Waals surface area contributed by atoms with Crippen LogP contribution in [-0.4, -0.2) is 42.3 Å². The summed E-state index contributed by atoms with van der Waals surface area (Å²) >= 11 is 0. The summed E-state index contributed by atoms with van der Waals surface area (Å²) in [6.07, 6.45) is -1.76. The Labute approximate surface area is 214 Å². The highest BCUT2D eigenvalue weighted by atomic mass is 19.3. The lowest BCUT2D eigenvalue weighted by Gasteiger charge is -2.22. The molecule has 1 fully saturated rings. The zero-order valence-electron chi connectivity index (χ0n) is 21.8. The Morgan fingerprint density at radius 2 is 1.78 bits per heavy atom. The van der Waals surface area contributed by atoms with Gasteiger partial charge >= 0.3 is 6.29 Å². The molecule has 1 amide bonds. The molecule has 1 aliphatic carbocycles. The summed E-state index contributed by atoms with van der Waals surface area (Å²) in [4.78, 5) is 15.5. The molecule has 6 nitrogen and oxygen atoms in total. The van der Waals surface area contributed by atoms with Crippen molar-refractivity contribution in [1.82, 2.24) is 9.47 Å². The summed E-state index contributed by atoms with van der Waals surface area (Å²) in [6.45, 7) is 8.05. The number of nitrogens with zero attached hydrogens (tertiary/aromatic N) is 2. The van der Waals surface area contributed by atoms with E-state index in [9.17, 15) is 13.6 Å². The number of alkyl halides is 2. The van der Waals surface area contributed by atoms with Gasteiger partial charge in [0, 0.05) is 29.1 Å². The number of amides is 1. The van der Waals surface area contributed by atoms with Crippen molar-refractivity contribution in [2.45, 2.75) is 63.7 Å². The van der Waals surface area contributed by atoms with E-state index in [1.165, 1.54) is 18.2 Å². The maximum Gasteiger partial charge on any atom is 0.586 e. The van der Waals surface area contributed by atoms with E-state index < -0.39 is 17.5 Å². The van der Waals surface area contributed by atoms with Crippen molar-refractivity contribution in [2.75, 3.05) is 26.0 Å². The van der Waals surface area contributed by atoms with Gasteiger partial charge in [0.05, 0.1) is 16.6 Å². The Morgan fingerprint density at radius 3 is 2.43 bits per heavy atom. The molecule has 3 aromatic rings. The summed E-state index contributed by atoms with van der Waals surface area (Å²) in [5, 5.41) is 3.61. The standard InChI is InChI=1S/C28H32F3N3O3/c1-26(2,3)24-14-17-13-20(19(29)16-21(17)34(24)12-6-11-33(4)5)32-25(35)27(9-10-27)18-7-8-22-23(15-18)37-28(30,31)36-22/h7-8,13-16H,6,9-12H2,1-5H3,(H,32,35). The lowest BCUT2D eigenvalue weighted by atomic mass is 9.92. The first-order chi connectivity index (χ1) is 17.3. The van der Waals surface area contributed by atoms with E-state index in [1.54, 1.807) is 12.1 Å². The number of halogens is 3. The molecule has 198 valence electrons. The molecule has 1 aromatic heterocycles. The number of fused-ring (bicyclic) bond motifs is 2. The summed E-state index contributed by atoms with van der Waals surface area (Å²) in [7, 11) is 4.05. The third-order valence-electron chi connectivity index (χ3n) is 7.13. The summed E-state index contributed by atoms with van der Waals surface area (Å²) in [6, 6.07) is 9.59. The van der Waals surface area contributed by atoms with Gasteiger partial charge in [-0.05, 0) is 69.7 Å². The minimum atomic E-state index is -3.73. The molecule has 37 heavy (non-hydrogen) atoms. The van der Waals surface area contributed by atoms with Crippen LogP contribution in [0.5, 0.6) is 11.5 Å². The molecule has 2 heterocycles. The monoisotopic (exact) mass is 515 g/mol. The van der Waals surface area contributed by atoms with Gasteiger partial charge < -0.3 is 24.3 Å². The van der Waals surface area contributed by atoms with Gasteiger partial charge in [-0.2, -0.15) is 0 Å². The predicted octanol–water partition coefficient (Wildman–Crippen LogP) is 6.02. The number of hydrogen-bond donors (Lipinski definition) is 1. The second-order valence-corrected chi connectivity index (χ2v) is 11.3. The molecule has 9 heteroatoms. The molecule has 1 aliphatic heterocycles. The van der Waals surface area contributed by atoms with Crippen molar-refractivity contribution >= 4 is 22.5 Å². The maximum absolute atomic E-state index is 15.3. The number of aromatic nitrogens is 1.